The lowest BCUT2D eigenvalue weighted by atomic mass is 9.89. The molecule has 0 unspecified atom stereocenters. The van der Waals surface area contributed by atoms with Gasteiger partial charge in [-0.15, -0.1) is 0 Å². The quantitative estimate of drug-likeness (QED) is 0.626. The van der Waals surface area contributed by atoms with Crippen molar-refractivity contribution in [3.63, 3.8) is 0 Å². The van der Waals surface area contributed by atoms with Crippen LogP contribution in [0, 0.1) is 0 Å². The van der Waals surface area contributed by atoms with E-state index in [0.717, 1.165) is 6.42 Å². The zero-order valence-electron chi connectivity index (χ0n) is 14.0. The highest BCUT2D eigenvalue weighted by Gasteiger charge is 2.20. The number of hydrogen-bond donors (Lipinski definition) is 1. The lowest BCUT2D eigenvalue weighted by Gasteiger charge is -2.18. The Morgan fingerprint density at radius 2 is 1.20 bits per heavy atom. The van der Waals surface area contributed by atoms with Gasteiger partial charge in [0.25, 0.3) is 0 Å². The van der Waals surface area contributed by atoms with Crippen LogP contribution in [-0.4, -0.2) is 19.0 Å². The van der Waals surface area contributed by atoms with E-state index in [-0.39, 0.29) is 5.92 Å². The Labute approximate surface area is 149 Å². The summed E-state index contributed by atoms with van der Waals surface area (Å²) in [6.45, 7) is 0.391. The first-order chi connectivity index (χ1) is 12.3. The molecule has 0 saturated heterocycles. The largest absolute Gasteiger partial charge is 0.710 e. The molecule has 3 aromatic carbocycles. The van der Waals surface area contributed by atoms with Crippen LogP contribution in [0.4, 0.5) is 0 Å². The number of rotatable bonds is 8. The van der Waals surface area contributed by atoms with Crippen molar-refractivity contribution in [1.82, 2.24) is 0 Å². The van der Waals surface area contributed by atoms with Crippen LogP contribution in [0.2, 0.25) is 0 Å². The third-order valence-corrected chi connectivity index (χ3v) is 4.05. The van der Waals surface area contributed by atoms with Crippen LogP contribution in [0.3, 0.4) is 0 Å². The van der Waals surface area contributed by atoms with Crippen LogP contribution in [0.1, 0.15) is 23.5 Å². The lowest BCUT2D eigenvalue weighted by Crippen LogP contribution is -2.27. The first-order valence-electron chi connectivity index (χ1n) is 8.44. The average molecular weight is 332 g/mol. The summed E-state index contributed by atoms with van der Waals surface area (Å²) in [4.78, 5) is 0. The minimum absolute atomic E-state index is 0.214. The summed E-state index contributed by atoms with van der Waals surface area (Å²) in [7, 11) is -1.27. The zero-order valence-corrected chi connectivity index (χ0v) is 14.0. The Hall–Kier alpha value is -2.56. The predicted octanol–water partition coefficient (Wildman–Crippen LogP) is 4.28. The summed E-state index contributed by atoms with van der Waals surface area (Å²) >= 11 is 0. The molecule has 0 aliphatic heterocycles. The molecular weight excluding hydrogens is 311 g/mol. The summed E-state index contributed by atoms with van der Waals surface area (Å²) in [5.74, 6) is 0.795. The molecule has 0 spiro atoms. The second-order valence-corrected chi connectivity index (χ2v) is 5.77. The van der Waals surface area contributed by atoms with Gasteiger partial charge in [0, 0.05) is 12.5 Å². The van der Waals surface area contributed by atoms with Crippen molar-refractivity contribution in [3.05, 3.63) is 102 Å². The average Bonchev–Trinajstić information content (AvgIpc) is 2.67. The van der Waals surface area contributed by atoms with Crippen molar-refractivity contribution in [1.29, 1.82) is 0 Å². The van der Waals surface area contributed by atoms with E-state index in [1.54, 1.807) is 12.1 Å². The van der Waals surface area contributed by atoms with E-state index < -0.39 is 7.32 Å². The van der Waals surface area contributed by atoms with Gasteiger partial charge in [-0.2, -0.15) is 0 Å². The molecule has 3 aromatic rings. The van der Waals surface area contributed by atoms with Gasteiger partial charge in [-0.1, -0.05) is 78.9 Å². The molecule has 0 amide bonds. The van der Waals surface area contributed by atoms with Gasteiger partial charge in [0.15, 0.2) is 0 Å². The maximum Gasteiger partial charge on any atom is 0.710 e. The van der Waals surface area contributed by atoms with Gasteiger partial charge < -0.3 is 14.3 Å². The lowest BCUT2D eigenvalue weighted by molar-refractivity contribution is 0.188. The van der Waals surface area contributed by atoms with Crippen LogP contribution in [0.25, 0.3) is 0 Å². The first-order valence-corrected chi connectivity index (χ1v) is 8.44. The Morgan fingerprint density at radius 1 is 0.720 bits per heavy atom. The second-order valence-electron chi connectivity index (χ2n) is 5.77. The highest BCUT2D eigenvalue weighted by atomic mass is 16.7. The molecule has 0 radical (unpaired) electrons. The molecule has 3 rings (SSSR count). The summed E-state index contributed by atoms with van der Waals surface area (Å²) < 4.78 is 10.8. The molecule has 0 aromatic heterocycles. The van der Waals surface area contributed by atoms with Crippen molar-refractivity contribution in [2.75, 3.05) is 6.61 Å². The molecule has 25 heavy (non-hydrogen) atoms. The number of benzene rings is 3. The monoisotopic (exact) mass is 332 g/mol. The maximum absolute atomic E-state index is 9.91. The summed E-state index contributed by atoms with van der Waals surface area (Å²) in [5.41, 5.74) is 2.46. The number of hydrogen-bond acceptors (Lipinski definition) is 3. The number of para-hydroxylation sites is 1. The van der Waals surface area contributed by atoms with E-state index in [1.807, 2.05) is 54.6 Å². The van der Waals surface area contributed by atoms with Gasteiger partial charge in [-0.05, 0) is 29.7 Å². The van der Waals surface area contributed by atoms with Gasteiger partial charge in [-0.3, -0.25) is 0 Å². The molecule has 1 N–H and O–H groups in total. The van der Waals surface area contributed by atoms with Crippen molar-refractivity contribution in [2.24, 2.45) is 0 Å². The van der Waals surface area contributed by atoms with Crippen LogP contribution in [0.15, 0.2) is 91.0 Å². The van der Waals surface area contributed by atoms with Crippen LogP contribution < -0.4 is 4.65 Å². The van der Waals surface area contributed by atoms with Crippen molar-refractivity contribution in [3.8, 4) is 5.75 Å². The SMILES string of the molecule is OB(OCCC(c1ccccc1)c1ccccc1)Oc1ccccc1. The molecule has 0 fully saturated rings. The fraction of sp³-hybridized carbons (Fsp3) is 0.143. The minimum Gasteiger partial charge on any atom is -0.512 e. The van der Waals surface area contributed by atoms with E-state index in [9.17, 15) is 5.02 Å². The van der Waals surface area contributed by atoms with Crippen molar-refractivity contribution >= 4 is 7.32 Å². The standard InChI is InChI=1S/C21H21BO3/c23-22(25-20-14-8-3-9-15-20)24-17-16-21(18-10-4-1-5-11-18)19-12-6-2-7-13-19/h1-15,21,23H,16-17H2. The van der Waals surface area contributed by atoms with Crippen LogP contribution in [-0.2, 0) is 4.65 Å². The molecule has 3 nitrogen and oxygen atoms in total. The molecule has 0 bridgehead atoms. The fourth-order valence-electron chi connectivity index (χ4n) is 2.83. The third-order valence-electron chi connectivity index (χ3n) is 4.05. The zero-order chi connectivity index (χ0) is 17.3. The molecular formula is C21H21BO3. The van der Waals surface area contributed by atoms with E-state index in [1.165, 1.54) is 11.1 Å². The Morgan fingerprint density at radius 3 is 1.72 bits per heavy atom. The molecule has 0 atom stereocenters. The van der Waals surface area contributed by atoms with Gasteiger partial charge in [0.05, 0.1) is 0 Å². The molecule has 0 saturated carbocycles. The molecule has 0 heterocycles. The summed E-state index contributed by atoms with van der Waals surface area (Å²) in [5, 5.41) is 9.91. The smallest absolute Gasteiger partial charge is 0.512 e. The second kappa shape index (κ2) is 9.07. The van der Waals surface area contributed by atoms with Crippen LogP contribution in [0.5, 0.6) is 5.75 Å². The van der Waals surface area contributed by atoms with Crippen molar-refractivity contribution in [2.45, 2.75) is 12.3 Å². The third kappa shape index (κ3) is 5.21. The highest BCUT2D eigenvalue weighted by Crippen LogP contribution is 2.27. The minimum atomic E-state index is -1.27. The van der Waals surface area contributed by atoms with E-state index in [2.05, 4.69) is 24.3 Å². The summed E-state index contributed by atoms with van der Waals surface area (Å²) in [6, 6.07) is 29.8. The first kappa shape index (κ1) is 17.3. The van der Waals surface area contributed by atoms with Gasteiger partial charge in [0.1, 0.15) is 5.75 Å². The van der Waals surface area contributed by atoms with Crippen LogP contribution >= 0.6 is 0 Å². The Bertz CT molecular complexity index is 695. The molecule has 0 aliphatic rings. The normalized spacial score (nSPS) is 10.6. The van der Waals surface area contributed by atoms with Gasteiger partial charge in [-0.25, -0.2) is 0 Å². The van der Waals surface area contributed by atoms with Gasteiger partial charge in [0.2, 0.25) is 0 Å². The van der Waals surface area contributed by atoms with Crippen molar-refractivity contribution < 1.29 is 14.3 Å². The maximum atomic E-state index is 9.91. The van der Waals surface area contributed by atoms with E-state index in [4.69, 9.17) is 9.31 Å². The fourth-order valence-corrected chi connectivity index (χ4v) is 2.83. The molecule has 126 valence electrons. The Balaban J connectivity index is 1.60. The van der Waals surface area contributed by atoms with E-state index >= 15 is 0 Å². The van der Waals surface area contributed by atoms with Gasteiger partial charge >= 0.3 is 7.32 Å². The Kier molecular flexibility index (Phi) is 6.26. The predicted molar refractivity (Wildman–Crippen MR) is 100 cm³/mol. The highest BCUT2D eigenvalue weighted by molar-refractivity contribution is 6.35. The summed E-state index contributed by atoms with van der Waals surface area (Å²) in [6.07, 6.45) is 0.753. The molecule has 4 heteroatoms. The molecule has 0 aliphatic carbocycles. The van der Waals surface area contributed by atoms with E-state index in [0.29, 0.717) is 12.4 Å². The topological polar surface area (TPSA) is 38.7 Å².